The zero-order chi connectivity index (χ0) is 21.6. The summed E-state index contributed by atoms with van der Waals surface area (Å²) in [5.74, 6) is 0.168. The van der Waals surface area contributed by atoms with E-state index in [2.05, 4.69) is 63.1 Å². The molecule has 1 unspecified atom stereocenters. The predicted molar refractivity (Wildman–Crippen MR) is 126 cm³/mol. The predicted octanol–water partition coefficient (Wildman–Crippen LogP) is 3.46. The van der Waals surface area contributed by atoms with Gasteiger partial charge in [0.1, 0.15) is 0 Å². The van der Waals surface area contributed by atoms with Gasteiger partial charge in [0.25, 0.3) is 0 Å². The van der Waals surface area contributed by atoms with E-state index in [-0.39, 0.29) is 11.8 Å². The molecular formula is C25H35N5O. The summed E-state index contributed by atoms with van der Waals surface area (Å²) in [4.78, 5) is 24.5. The Kier molecular flexibility index (Phi) is 7.20. The minimum atomic E-state index is 0.0312. The second kappa shape index (κ2) is 10.2. The molecule has 1 atom stereocenters. The first-order valence-corrected chi connectivity index (χ1v) is 11.6. The molecule has 6 heteroatoms. The second-order valence-electron chi connectivity index (χ2n) is 9.09. The van der Waals surface area contributed by atoms with Crippen molar-refractivity contribution in [1.82, 2.24) is 14.8 Å². The maximum atomic E-state index is 13.0. The number of nitrogens with one attached hydrogen (secondary N) is 1. The van der Waals surface area contributed by atoms with Crippen LogP contribution in [-0.2, 0) is 11.3 Å². The topological polar surface area (TPSA) is 51.7 Å². The third-order valence-corrected chi connectivity index (χ3v) is 6.53. The Hall–Kier alpha value is -2.44. The van der Waals surface area contributed by atoms with Gasteiger partial charge in [-0.25, -0.2) is 0 Å². The molecule has 1 amide bonds. The fourth-order valence-corrected chi connectivity index (χ4v) is 4.68. The smallest absolute Gasteiger partial charge is 0.228 e. The average Bonchev–Trinajstić information content (AvgIpc) is 2.80. The molecule has 1 aromatic heterocycles. The first-order chi connectivity index (χ1) is 15.1. The molecule has 2 fully saturated rings. The molecule has 2 aromatic rings. The Bertz CT molecular complexity index is 848. The van der Waals surface area contributed by atoms with E-state index in [0.29, 0.717) is 6.04 Å². The molecule has 4 rings (SSSR count). The van der Waals surface area contributed by atoms with Crippen molar-refractivity contribution in [3.05, 3.63) is 54.4 Å². The van der Waals surface area contributed by atoms with Crippen LogP contribution in [0.3, 0.4) is 0 Å². The summed E-state index contributed by atoms with van der Waals surface area (Å²) in [6.07, 6.45) is 5.72. The summed E-state index contributed by atoms with van der Waals surface area (Å²) in [6.45, 7) is 11.4. The van der Waals surface area contributed by atoms with Crippen molar-refractivity contribution in [2.24, 2.45) is 5.92 Å². The number of piperazine rings is 1. The van der Waals surface area contributed by atoms with E-state index >= 15 is 0 Å². The van der Waals surface area contributed by atoms with Gasteiger partial charge >= 0.3 is 0 Å². The second-order valence-corrected chi connectivity index (χ2v) is 9.09. The fourth-order valence-electron chi connectivity index (χ4n) is 4.68. The molecule has 166 valence electrons. The van der Waals surface area contributed by atoms with Gasteiger partial charge in [0.05, 0.1) is 5.92 Å². The van der Waals surface area contributed by atoms with E-state index in [1.54, 1.807) is 6.20 Å². The van der Waals surface area contributed by atoms with Crippen molar-refractivity contribution >= 4 is 17.3 Å². The number of carbonyl (C=O) groups excluding carboxylic acids is 1. The molecule has 6 nitrogen and oxygen atoms in total. The van der Waals surface area contributed by atoms with Crippen LogP contribution in [0.1, 0.15) is 32.3 Å². The highest BCUT2D eigenvalue weighted by atomic mass is 16.1. The Morgan fingerprint density at radius 3 is 2.71 bits per heavy atom. The number of benzene rings is 1. The van der Waals surface area contributed by atoms with Crippen molar-refractivity contribution < 1.29 is 4.79 Å². The first kappa shape index (κ1) is 21.8. The van der Waals surface area contributed by atoms with Crippen LogP contribution in [-0.4, -0.2) is 66.0 Å². The molecule has 0 bridgehead atoms. The molecule has 1 aromatic carbocycles. The van der Waals surface area contributed by atoms with Gasteiger partial charge < -0.3 is 10.2 Å². The average molecular weight is 422 g/mol. The standard InChI is InChI=1S/C25H35N5O/c1-20(2)29-12-14-30(15-13-29)24-9-3-8-23(16-24)27-25(31)22-7-5-11-28(19-22)18-21-6-4-10-26-17-21/h3-4,6,8-10,16-17,20,22H,5,7,11-15,18-19H2,1-2H3,(H,27,31). The maximum Gasteiger partial charge on any atom is 0.228 e. The minimum absolute atomic E-state index is 0.0312. The zero-order valence-electron chi connectivity index (χ0n) is 18.8. The number of aromatic nitrogens is 1. The number of amides is 1. The van der Waals surface area contributed by atoms with Gasteiger partial charge in [-0.1, -0.05) is 12.1 Å². The van der Waals surface area contributed by atoms with Gasteiger partial charge in [0, 0.05) is 69.1 Å². The summed E-state index contributed by atoms with van der Waals surface area (Å²) in [5.41, 5.74) is 3.30. The lowest BCUT2D eigenvalue weighted by atomic mass is 9.96. The minimum Gasteiger partial charge on any atom is -0.369 e. The number of rotatable bonds is 6. The number of hydrogen-bond donors (Lipinski definition) is 1. The van der Waals surface area contributed by atoms with Crippen LogP contribution in [0, 0.1) is 5.92 Å². The Labute approximate surface area is 186 Å². The van der Waals surface area contributed by atoms with Crippen LogP contribution >= 0.6 is 0 Å². The molecule has 1 N–H and O–H groups in total. The summed E-state index contributed by atoms with van der Waals surface area (Å²) < 4.78 is 0. The highest BCUT2D eigenvalue weighted by Gasteiger charge is 2.26. The third kappa shape index (κ3) is 5.83. The van der Waals surface area contributed by atoms with Crippen molar-refractivity contribution in [2.45, 2.75) is 39.3 Å². The fraction of sp³-hybridized carbons (Fsp3) is 0.520. The Morgan fingerprint density at radius 1 is 1.13 bits per heavy atom. The van der Waals surface area contributed by atoms with Gasteiger partial charge in [0.15, 0.2) is 0 Å². The number of carbonyl (C=O) groups is 1. The number of hydrogen-bond acceptors (Lipinski definition) is 5. The quantitative estimate of drug-likeness (QED) is 0.774. The Morgan fingerprint density at radius 2 is 1.97 bits per heavy atom. The van der Waals surface area contributed by atoms with Crippen LogP contribution in [0.2, 0.25) is 0 Å². The Balaban J connectivity index is 1.32. The number of anilines is 2. The first-order valence-electron chi connectivity index (χ1n) is 11.6. The number of piperidine rings is 1. The molecule has 3 heterocycles. The van der Waals surface area contributed by atoms with Crippen molar-refractivity contribution in [3.63, 3.8) is 0 Å². The van der Waals surface area contributed by atoms with Gasteiger partial charge in [-0.15, -0.1) is 0 Å². The number of pyridine rings is 1. The summed E-state index contributed by atoms with van der Waals surface area (Å²) >= 11 is 0. The molecule has 2 aliphatic rings. The van der Waals surface area contributed by atoms with Crippen molar-refractivity contribution in [3.8, 4) is 0 Å². The van der Waals surface area contributed by atoms with Crippen LogP contribution < -0.4 is 10.2 Å². The molecule has 2 aliphatic heterocycles. The monoisotopic (exact) mass is 421 g/mol. The highest BCUT2D eigenvalue weighted by Crippen LogP contribution is 2.24. The molecule has 0 saturated carbocycles. The lowest BCUT2D eigenvalue weighted by Gasteiger charge is -2.38. The van der Waals surface area contributed by atoms with Gasteiger partial charge in [-0.05, 0) is 63.1 Å². The summed E-state index contributed by atoms with van der Waals surface area (Å²) in [5, 5.41) is 3.19. The maximum absolute atomic E-state index is 13.0. The molecule has 2 saturated heterocycles. The molecular weight excluding hydrogens is 386 g/mol. The largest absolute Gasteiger partial charge is 0.369 e. The highest BCUT2D eigenvalue weighted by molar-refractivity contribution is 5.93. The van der Waals surface area contributed by atoms with E-state index in [1.807, 2.05) is 18.3 Å². The lowest BCUT2D eigenvalue weighted by molar-refractivity contribution is -0.121. The van der Waals surface area contributed by atoms with Crippen LogP contribution in [0.15, 0.2) is 48.8 Å². The normalized spacial score (nSPS) is 20.7. The van der Waals surface area contributed by atoms with Crippen LogP contribution in [0.4, 0.5) is 11.4 Å². The van der Waals surface area contributed by atoms with Crippen LogP contribution in [0.5, 0.6) is 0 Å². The molecule has 0 radical (unpaired) electrons. The SMILES string of the molecule is CC(C)N1CCN(c2cccc(NC(=O)C3CCCN(Cc4cccnc4)C3)c2)CC1. The van der Waals surface area contributed by atoms with Crippen molar-refractivity contribution in [2.75, 3.05) is 49.5 Å². The van der Waals surface area contributed by atoms with Gasteiger partial charge in [-0.3, -0.25) is 19.6 Å². The lowest BCUT2D eigenvalue weighted by Crippen LogP contribution is -2.48. The van der Waals surface area contributed by atoms with E-state index < -0.39 is 0 Å². The van der Waals surface area contributed by atoms with E-state index in [1.165, 1.54) is 11.3 Å². The third-order valence-electron chi connectivity index (χ3n) is 6.53. The zero-order valence-corrected chi connectivity index (χ0v) is 18.8. The van der Waals surface area contributed by atoms with Crippen molar-refractivity contribution in [1.29, 1.82) is 0 Å². The number of nitrogens with zero attached hydrogens (tertiary/aromatic N) is 4. The summed E-state index contributed by atoms with van der Waals surface area (Å²) in [7, 11) is 0. The molecule has 0 aliphatic carbocycles. The van der Waals surface area contributed by atoms with E-state index in [0.717, 1.165) is 64.3 Å². The van der Waals surface area contributed by atoms with Crippen LogP contribution in [0.25, 0.3) is 0 Å². The number of likely N-dealkylation sites (tertiary alicyclic amines) is 1. The van der Waals surface area contributed by atoms with Gasteiger partial charge in [0.2, 0.25) is 5.91 Å². The van der Waals surface area contributed by atoms with Gasteiger partial charge in [-0.2, -0.15) is 0 Å². The summed E-state index contributed by atoms with van der Waals surface area (Å²) in [6, 6.07) is 13.0. The molecule has 0 spiro atoms. The molecule has 31 heavy (non-hydrogen) atoms. The van der Waals surface area contributed by atoms with E-state index in [9.17, 15) is 4.79 Å². The van der Waals surface area contributed by atoms with E-state index in [4.69, 9.17) is 0 Å².